The molecular formula is C22H24F3N3O7. The summed E-state index contributed by atoms with van der Waals surface area (Å²) in [4.78, 5) is 50.4. The number of Topliss-reactive ketones (excluding diaryl/α,β-unsaturated/α-hetero) is 1. The fourth-order valence-corrected chi connectivity index (χ4v) is 3.31. The Balaban J connectivity index is 2.16. The molecular weight excluding hydrogens is 475 g/mol. The summed E-state index contributed by atoms with van der Waals surface area (Å²) in [5, 5.41) is 13.7. The van der Waals surface area contributed by atoms with E-state index in [9.17, 15) is 37.7 Å². The van der Waals surface area contributed by atoms with Crippen molar-refractivity contribution in [1.29, 1.82) is 0 Å². The molecule has 2 aromatic rings. The maximum Gasteiger partial charge on any atom is 0.416 e. The van der Waals surface area contributed by atoms with Gasteiger partial charge in [0.2, 0.25) is 5.78 Å². The zero-order valence-corrected chi connectivity index (χ0v) is 19.5. The molecule has 2 atom stereocenters. The monoisotopic (exact) mass is 499 g/mol. The molecule has 0 aliphatic carbocycles. The predicted molar refractivity (Wildman–Crippen MR) is 117 cm³/mol. The molecule has 10 nitrogen and oxygen atoms in total. The molecule has 0 unspecified atom stereocenters. The Hall–Kier alpha value is -3.90. The van der Waals surface area contributed by atoms with Crippen LogP contribution in [-0.2, 0) is 20.4 Å². The maximum absolute atomic E-state index is 12.9. The lowest BCUT2D eigenvalue weighted by Gasteiger charge is -2.18. The summed E-state index contributed by atoms with van der Waals surface area (Å²) in [5.74, 6) is -2.23. The highest BCUT2D eigenvalue weighted by molar-refractivity contribution is 6.04. The molecule has 0 fully saturated rings. The lowest BCUT2D eigenvalue weighted by Crippen LogP contribution is -2.34. The number of anilines is 1. The summed E-state index contributed by atoms with van der Waals surface area (Å²) in [6, 6.07) is 0.574. The van der Waals surface area contributed by atoms with Gasteiger partial charge in [-0.1, -0.05) is 0 Å². The Bertz CT molecular complexity index is 1160. The number of carbonyl (C=O) groups is 3. The zero-order chi connectivity index (χ0) is 26.7. The lowest BCUT2D eigenvalue weighted by molar-refractivity contribution is -0.384. The molecule has 0 aliphatic heterocycles. The van der Waals surface area contributed by atoms with Gasteiger partial charge in [0.15, 0.2) is 6.10 Å². The zero-order valence-electron chi connectivity index (χ0n) is 19.5. The quantitative estimate of drug-likeness (QED) is 0.225. The van der Waals surface area contributed by atoms with E-state index < -0.39 is 52.2 Å². The number of hydrogen-bond donors (Lipinski definition) is 2. The van der Waals surface area contributed by atoms with Crippen LogP contribution < -0.4 is 5.32 Å². The second-order valence-electron chi connectivity index (χ2n) is 7.64. The number of ether oxygens (including phenoxy) is 2. The standard InChI is InChI=1S/C22H24F3N3O7/c1-6-34-21(31)17-10(2)18(27-11(17)3)19(29)13(5)35-20(30)12(4)26-15-8-7-14(22(23,24)25)9-16(15)28(32)33/h7-9,12-13,26-27H,6H2,1-5H3/t12-,13+/m0/s1. The number of aryl methyl sites for hydroxylation is 1. The number of nitro benzene ring substituents is 1. The van der Waals surface area contributed by atoms with Crippen molar-refractivity contribution in [3.05, 3.63) is 56.4 Å². The predicted octanol–water partition coefficient (Wildman–Crippen LogP) is 4.35. The van der Waals surface area contributed by atoms with Crippen LogP contribution in [0.15, 0.2) is 18.2 Å². The Kier molecular flexibility index (Phi) is 8.26. The van der Waals surface area contributed by atoms with E-state index in [1.165, 1.54) is 20.8 Å². The number of rotatable bonds is 9. The summed E-state index contributed by atoms with van der Waals surface area (Å²) in [7, 11) is 0. The molecule has 2 rings (SSSR count). The minimum atomic E-state index is -4.79. The van der Waals surface area contributed by atoms with E-state index in [-0.39, 0.29) is 23.6 Å². The Labute approximate surface area is 197 Å². The molecule has 2 N–H and O–H groups in total. The second kappa shape index (κ2) is 10.6. The second-order valence-corrected chi connectivity index (χ2v) is 7.64. The molecule has 190 valence electrons. The SMILES string of the molecule is CCOC(=O)c1c(C)[nH]c(C(=O)[C@@H](C)OC(=O)[C@H](C)Nc2ccc(C(F)(F)F)cc2[N+](=O)[O-])c1C. The van der Waals surface area contributed by atoms with Gasteiger partial charge in [0.25, 0.3) is 5.69 Å². The number of nitro groups is 1. The number of hydrogen-bond acceptors (Lipinski definition) is 8. The molecule has 0 saturated carbocycles. The molecule has 0 aliphatic rings. The van der Waals surface area contributed by atoms with Crippen LogP contribution in [0.2, 0.25) is 0 Å². The third kappa shape index (κ3) is 6.16. The smallest absolute Gasteiger partial charge is 0.416 e. The summed E-state index contributed by atoms with van der Waals surface area (Å²) in [6.07, 6.45) is -6.09. The molecule has 0 spiro atoms. The average molecular weight is 499 g/mol. The first-order chi connectivity index (χ1) is 16.2. The highest BCUT2D eigenvalue weighted by Crippen LogP contribution is 2.35. The molecule has 0 amide bonds. The van der Waals surface area contributed by atoms with Crippen molar-refractivity contribution in [1.82, 2.24) is 4.98 Å². The first-order valence-corrected chi connectivity index (χ1v) is 10.4. The summed E-state index contributed by atoms with van der Waals surface area (Å²) in [6.45, 7) is 7.46. The fraction of sp³-hybridized carbons (Fsp3) is 0.409. The van der Waals surface area contributed by atoms with Crippen LogP contribution in [0, 0.1) is 24.0 Å². The molecule has 0 saturated heterocycles. The van der Waals surface area contributed by atoms with Gasteiger partial charge in [-0.3, -0.25) is 14.9 Å². The number of H-pyrrole nitrogens is 1. The van der Waals surface area contributed by atoms with Gasteiger partial charge in [-0.15, -0.1) is 0 Å². The number of ketones is 1. The van der Waals surface area contributed by atoms with E-state index in [4.69, 9.17) is 9.47 Å². The van der Waals surface area contributed by atoms with Crippen LogP contribution >= 0.6 is 0 Å². The van der Waals surface area contributed by atoms with Crippen LogP contribution in [0.3, 0.4) is 0 Å². The maximum atomic E-state index is 12.9. The van der Waals surface area contributed by atoms with Crippen LogP contribution in [-0.4, -0.2) is 46.4 Å². The molecule has 1 aromatic carbocycles. The minimum Gasteiger partial charge on any atom is -0.462 e. The van der Waals surface area contributed by atoms with Crippen LogP contribution in [0.25, 0.3) is 0 Å². The van der Waals surface area contributed by atoms with Gasteiger partial charge in [-0.05, 0) is 52.3 Å². The molecule has 35 heavy (non-hydrogen) atoms. The van der Waals surface area contributed by atoms with Gasteiger partial charge in [0.05, 0.1) is 28.4 Å². The van der Waals surface area contributed by atoms with E-state index >= 15 is 0 Å². The molecule has 0 radical (unpaired) electrons. The van der Waals surface area contributed by atoms with Gasteiger partial charge in [-0.25, -0.2) is 9.59 Å². The van der Waals surface area contributed by atoms with Crippen LogP contribution in [0.1, 0.15) is 58.4 Å². The van der Waals surface area contributed by atoms with Crippen molar-refractivity contribution in [3.63, 3.8) is 0 Å². The first kappa shape index (κ1) is 27.3. The normalized spacial score (nSPS) is 13.0. The van der Waals surface area contributed by atoms with E-state index in [1.54, 1.807) is 13.8 Å². The summed E-state index contributed by atoms with van der Waals surface area (Å²) < 4.78 is 48.7. The van der Waals surface area contributed by atoms with Gasteiger partial charge in [0.1, 0.15) is 11.7 Å². The number of aromatic amines is 1. The number of nitrogens with zero attached hydrogens (tertiary/aromatic N) is 1. The molecule has 0 bridgehead atoms. The van der Waals surface area contributed by atoms with Gasteiger partial charge < -0.3 is 19.8 Å². The average Bonchev–Trinajstić information content (AvgIpc) is 3.06. The highest BCUT2D eigenvalue weighted by Gasteiger charge is 2.34. The lowest BCUT2D eigenvalue weighted by atomic mass is 10.1. The van der Waals surface area contributed by atoms with Gasteiger partial charge in [-0.2, -0.15) is 13.2 Å². The van der Waals surface area contributed by atoms with Crippen molar-refractivity contribution >= 4 is 29.1 Å². The van der Waals surface area contributed by atoms with Crippen molar-refractivity contribution in [3.8, 4) is 0 Å². The number of halogens is 3. The topological polar surface area (TPSA) is 141 Å². The third-order valence-electron chi connectivity index (χ3n) is 5.07. The summed E-state index contributed by atoms with van der Waals surface area (Å²) in [5.41, 5.74) is -1.48. The van der Waals surface area contributed by atoms with Crippen molar-refractivity contribution in [2.24, 2.45) is 0 Å². The third-order valence-corrected chi connectivity index (χ3v) is 5.07. The number of esters is 2. The summed E-state index contributed by atoms with van der Waals surface area (Å²) >= 11 is 0. The van der Waals surface area contributed by atoms with Crippen molar-refractivity contribution < 1.29 is 42.0 Å². The Morgan fingerprint density at radius 3 is 2.37 bits per heavy atom. The highest BCUT2D eigenvalue weighted by atomic mass is 19.4. The molecule has 13 heteroatoms. The number of carbonyl (C=O) groups excluding carboxylic acids is 3. The Morgan fingerprint density at radius 2 is 1.83 bits per heavy atom. The largest absolute Gasteiger partial charge is 0.462 e. The number of nitrogens with one attached hydrogen (secondary N) is 2. The van der Waals surface area contributed by atoms with Crippen molar-refractivity contribution in [2.45, 2.75) is 52.9 Å². The number of aromatic nitrogens is 1. The minimum absolute atomic E-state index is 0.0462. The van der Waals surface area contributed by atoms with E-state index in [0.29, 0.717) is 23.4 Å². The van der Waals surface area contributed by atoms with E-state index in [1.807, 2.05) is 0 Å². The molecule has 1 heterocycles. The Morgan fingerprint density at radius 1 is 1.20 bits per heavy atom. The van der Waals surface area contributed by atoms with Crippen LogP contribution in [0.4, 0.5) is 24.5 Å². The van der Waals surface area contributed by atoms with Gasteiger partial charge in [0, 0.05) is 11.8 Å². The van der Waals surface area contributed by atoms with Crippen LogP contribution in [0.5, 0.6) is 0 Å². The number of benzene rings is 1. The molecule has 1 aromatic heterocycles. The van der Waals surface area contributed by atoms with E-state index in [2.05, 4.69) is 10.3 Å². The van der Waals surface area contributed by atoms with E-state index in [0.717, 1.165) is 6.07 Å². The number of alkyl halides is 3. The fourth-order valence-electron chi connectivity index (χ4n) is 3.31. The first-order valence-electron chi connectivity index (χ1n) is 10.4. The van der Waals surface area contributed by atoms with Crippen molar-refractivity contribution in [2.75, 3.05) is 11.9 Å². The van der Waals surface area contributed by atoms with Gasteiger partial charge >= 0.3 is 18.1 Å².